The van der Waals surface area contributed by atoms with Gasteiger partial charge in [-0.1, -0.05) is 0 Å². The van der Waals surface area contributed by atoms with Gasteiger partial charge in [0, 0.05) is 73.0 Å². The number of piperazine rings is 1. The summed E-state index contributed by atoms with van der Waals surface area (Å²) in [6, 6.07) is 10.8. The molecule has 2 aromatic carbocycles. The van der Waals surface area contributed by atoms with Crippen LogP contribution in [0.4, 0.5) is 15.8 Å². The van der Waals surface area contributed by atoms with E-state index in [0.717, 1.165) is 24.2 Å². The number of carbonyl (C=O) groups is 1. The minimum absolute atomic E-state index is 0.106. The SMILES string of the molecule is CC1CN(c2ccc(C(=O)Nc3cc(F)c4nn(C)cc4c3)c3nc(OCc4cccnn4)ncc23)CC(C)N1. The average molecular weight is 542 g/mol. The number of carbonyl (C=O) groups excluding carboxylic acids is 1. The van der Waals surface area contributed by atoms with Crippen LogP contribution in [-0.4, -0.2) is 61.0 Å². The van der Waals surface area contributed by atoms with Crippen LogP contribution in [0.25, 0.3) is 21.8 Å². The molecule has 204 valence electrons. The summed E-state index contributed by atoms with van der Waals surface area (Å²) in [4.78, 5) is 24.9. The van der Waals surface area contributed by atoms with Gasteiger partial charge in [0.05, 0.1) is 11.1 Å². The lowest BCUT2D eigenvalue weighted by molar-refractivity contribution is 0.102. The second-order valence-electron chi connectivity index (χ2n) is 10.1. The Balaban J connectivity index is 1.37. The molecule has 6 rings (SSSR count). The van der Waals surface area contributed by atoms with Crippen LogP contribution < -0.4 is 20.3 Å². The predicted molar refractivity (Wildman–Crippen MR) is 149 cm³/mol. The lowest BCUT2D eigenvalue weighted by Crippen LogP contribution is -2.54. The average Bonchev–Trinajstić information content (AvgIpc) is 3.32. The van der Waals surface area contributed by atoms with Gasteiger partial charge in [-0.2, -0.15) is 20.3 Å². The van der Waals surface area contributed by atoms with Gasteiger partial charge in [-0.15, -0.1) is 0 Å². The third-order valence-electron chi connectivity index (χ3n) is 6.76. The highest BCUT2D eigenvalue weighted by Gasteiger charge is 2.25. The number of aryl methyl sites for hydroxylation is 1. The van der Waals surface area contributed by atoms with Crippen LogP contribution in [0.2, 0.25) is 0 Å². The van der Waals surface area contributed by atoms with Gasteiger partial charge in [-0.25, -0.2) is 9.37 Å². The van der Waals surface area contributed by atoms with E-state index in [4.69, 9.17) is 4.74 Å². The fraction of sp³-hybridized carbons (Fsp3) is 0.286. The minimum atomic E-state index is -0.516. The van der Waals surface area contributed by atoms with Crippen molar-refractivity contribution < 1.29 is 13.9 Å². The number of benzene rings is 2. The molecule has 4 heterocycles. The highest BCUT2D eigenvalue weighted by Crippen LogP contribution is 2.31. The molecule has 1 fully saturated rings. The van der Waals surface area contributed by atoms with Crippen molar-refractivity contribution >= 4 is 39.1 Å². The highest BCUT2D eigenvalue weighted by atomic mass is 19.1. The number of aromatic nitrogens is 6. The zero-order chi connectivity index (χ0) is 27.8. The Morgan fingerprint density at radius 1 is 1.18 bits per heavy atom. The Kier molecular flexibility index (Phi) is 6.68. The first kappa shape index (κ1) is 25.6. The van der Waals surface area contributed by atoms with E-state index in [1.165, 1.54) is 10.7 Å². The van der Waals surface area contributed by atoms with Crippen LogP contribution in [0, 0.1) is 5.82 Å². The summed E-state index contributed by atoms with van der Waals surface area (Å²) >= 11 is 0. The number of anilines is 2. The summed E-state index contributed by atoms with van der Waals surface area (Å²) in [6.07, 6.45) is 4.96. The summed E-state index contributed by atoms with van der Waals surface area (Å²) in [5.74, 6) is -0.947. The molecular weight excluding hydrogens is 513 g/mol. The fourth-order valence-corrected chi connectivity index (χ4v) is 5.17. The van der Waals surface area contributed by atoms with Crippen LogP contribution in [0.5, 0.6) is 6.01 Å². The van der Waals surface area contributed by atoms with E-state index in [1.807, 2.05) is 6.07 Å². The van der Waals surface area contributed by atoms with E-state index in [-0.39, 0.29) is 30.2 Å². The van der Waals surface area contributed by atoms with E-state index < -0.39 is 11.7 Å². The number of rotatable bonds is 6. The molecule has 12 heteroatoms. The number of amides is 1. The molecule has 0 bridgehead atoms. The first-order chi connectivity index (χ1) is 19.3. The molecule has 11 nitrogen and oxygen atoms in total. The Morgan fingerprint density at radius 3 is 2.77 bits per heavy atom. The maximum absolute atomic E-state index is 14.7. The number of hydrogen-bond donors (Lipinski definition) is 2. The molecule has 1 aliphatic rings. The van der Waals surface area contributed by atoms with Crippen LogP contribution in [0.1, 0.15) is 29.9 Å². The molecular formula is C28H28FN9O2. The normalized spacial score (nSPS) is 17.4. The standard InChI is InChI=1S/C28H28FN9O2/c1-16-12-38(13-17(2)32-16)24-7-6-21(27(39)33-20-9-18-14-37(3)36-25(18)23(29)10-20)26-22(24)11-30-28(34-26)40-15-19-5-4-8-31-35-19/h4-11,14,16-17,32H,12-13,15H2,1-3H3,(H,33,39). The maximum Gasteiger partial charge on any atom is 0.317 e. The smallest absolute Gasteiger partial charge is 0.317 e. The second kappa shape index (κ2) is 10.5. The van der Waals surface area contributed by atoms with Crippen molar-refractivity contribution in [2.45, 2.75) is 32.5 Å². The van der Waals surface area contributed by atoms with Crippen molar-refractivity contribution in [3.05, 3.63) is 72.1 Å². The zero-order valence-electron chi connectivity index (χ0n) is 22.3. The molecule has 0 saturated carbocycles. The Hall–Kier alpha value is -4.71. The minimum Gasteiger partial charge on any atom is -0.457 e. The number of fused-ring (bicyclic) bond motifs is 2. The van der Waals surface area contributed by atoms with E-state index in [9.17, 15) is 9.18 Å². The van der Waals surface area contributed by atoms with Gasteiger partial charge in [0.25, 0.3) is 5.91 Å². The van der Waals surface area contributed by atoms with E-state index in [2.05, 4.69) is 54.6 Å². The Labute approximate surface area is 229 Å². The molecule has 2 atom stereocenters. The van der Waals surface area contributed by atoms with Crippen molar-refractivity contribution in [3.63, 3.8) is 0 Å². The molecule has 40 heavy (non-hydrogen) atoms. The van der Waals surface area contributed by atoms with Gasteiger partial charge in [0.15, 0.2) is 5.82 Å². The third kappa shape index (κ3) is 5.13. The number of nitrogens with zero attached hydrogens (tertiary/aromatic N) is 7. The summed E-state index contributed by atoms with van der Waals surface area (Å²) in [6.45, 7) is 5.98. The van der Waals surface area contributed by atoms with Crippen molar-refractivity contribution in [2.75, 3.05) is 23.3 Å². The van der Waals surface area contributed by atoms with Gasteiger partial charge in [0.2, 0.25) is 0 Å². The summed E-state index contributed by atoms with van der Waals surface area (Å²) in [7, 11) is 1.72. The number of halogens is 1. The number of hydrogen-bond acceptors (Lipinski definition) is 9. The second-order valence-corrected chi connectivity index (χ2v) is 10.1. The fourth-order valence-electron chi connectivity index (χ4n) is 5.17. The third-order valence-corrected chi connectivity index (χ3v) is 6.76. The molecule has 3 aromatic heterocycles. The molecule has 0 radical (unpaired) electrons. The van der Waals surface area contributed by atoms with Gasteiger partial charge in [-0.05, 0) is 50.2 Å². The summed E-state index contributed by atoms with van der Waals surface area (Å²) < 4.78 is 22.0. The van der Waals surface area contributed by atoms with Gasteiger partial charge < -0.3 is 20.3 Å². The summed E-state index contributed by atoms with van der Waals surface area (Å²) in [5.41, 5.74) is 2.85. The number of ether oxygens (including phenoxy) is 1. The topological polar surface area (TPSA) is 123 Å². The van der Waals surface area contributed by atoms with Crippen molar-refractivity contribution in [1.29, 1.82) is 0 Å². The van der Waals surface area contributed by atoms with Crippen LogP contribution in [0.3, 0.4) is 0 Å². The van der Waals surface area contributed by atoms with Gasteiger partial charge >= 0.3 is 6.01 Å². The highest BCUT2D eigenvalue weighted by molar-refractivity contribution is 6.14. The van der Waals surface area contributed by atoms with Gasteiger partial charge in [0.1, 0.15) is 17.8 Å². The van der Waals surface area contributed by atoms with E-state index >= 15 is 0 Å². The van der Waals surface area contributed by atoms with Crippen molar-refractivity contribution in [3.8, 4) is 6.01 Å². The molecule has 0 aliphatic carbocycles. The lowest BCUT2D eigenvalue weighted by Gasteiger charge is -2.38. The molecule has 5 aromatic rings. The van der Waals surface area contributed by atoms with Crippen LogP contribution in [-0.2, 0) is 13.7 Å². The molecule has 1 aliphatic heterocycles. The van der Waals surface area contributed by atoms with E-state index in [0.29, 0.717) is 27.8 Å². The molecule has 2 unspecified atom stereocenters. The molecule has 1 amide bonds. The molecule has 0 spiro atoms. The first-order valence-electron chi connectivity index (χ1n) is 13.0. The van der Waals surface area contributed by atoms with Gasteiger partial charge in [-0.3, -0.25) is 9.48 Å². The lowest BCUT2D eigenvalue weighted by atomic mass is 10.0. The number of nitrogens with one attached hydrogen (secondary N) is 2. The monoisotopic (exact) mass is 541 g/mol. The molecule has 2 N–H and O–H groups in total. The Morgan fingerprint density at radius 2 is 2.00 bits per heavy atom. The zero-order valence-corrected chi connectivity index (χ0v) is 22.3. The van der Waals surface area contributed by atoms with Crippen molar-refractivity contribution in [2.24, 2.45) is 7.05 Å². The maximum atomic E-state index is 14.7. The van der Waals surface area contributed by atoms with Crippen molar-refractivity contribution in [1.82, 2.24) is 35.3 Å². The Bertz CT molecular complexity index is 1700. The largest absolute Gasteiger partial charge is 0.457 e. The van der Waals surface area contributed by atoms with E-state index in [1.54, 1.807) is 49.9 Å². The quantitative estimate of drug-likeness (QED) is 0.333. The van der Waals surface area contributed by atoms with Crippen LogP contribution in [0.15, 0.2) is 55.0 Å². The van der Waals surface area contributed by atoms with Crippen LogP contribution >= 0.6 is 0 Å². The molecule has 1 saturated heterocycles. The first-order valence-corrected chi connectivity index (χ1v) is 13.0. The predicted octanol–water partition coefficient (Wildman–Crippen LogP) is 3.46. The summed E-state index contributed by atoms with van der Waals surface area (Å²) in [5, 5.41) is 19.7.